The van der Waals surface area contributed by atoms with Crippen molar-refractivity contribution in [2.24, 2.45) is 0 Å². The summed E-state index contributed by atoms with van der Waals surface area (Å²) in [5, 5.41) is 0. The van der Waals surface area contributed by atoms with Crippen molar-refractivity contribution in [1.29, 1.82) is 0 Å². The van der Waals surface area contributed by atoms with Crippen LogP contribution in [0.1, 0.15) is 34.5 Å². The molecule has 0 amide bonds. The lowest BCUT2D eigenvalue weighted by Gasteiger charge is -2.08. The Morgan fingerprint density at radius 3 is 2.33 bits per heavy atom. The van der Waals surface area contributed by atoms with E-state index in [9.17, 15) is 4.79 Å². The molecule has 0 saturated heterocycles. The summed E-state index contributed by atoms with van der Waals surface area (Å²) in [7, 11) is 0. The number of carbonyl (C=O) groups is 1. The van der Waals surface area contributed by atoms with Gasteiger partial charge in [0, 0.05) is 18.3 Å². The van der Waals surface area contributed by atoms with E-state index in [1.807, 2.05) is 55.7 Å². The predicted molar refractivity (Wildman–Crippen MR) is 83.1 cm³/mol. The van der Waals surface area contributed by atoms with Gasteiger partial charge >= 0.3 is 0 Å². The van der Waals surface area contributed by atoms with Crippen LogP contribution in [0.4, 0.5) is 0 Å². The van der Waals surface area contributed by atoms with Gasteiger partial charge in [-0.1, -0.05) is 17.7 Å². The fraction of sp³-hybridized carbons (Fsp3) is 0.235. The summed E-state index contributed by atoms with van der Waals surface area (Å²) in [6, 6.07) is 10.1. The molecule has 0 radical (unpaired) electrons. The van der Waals surface area contributed by atoms with Gasteiger partial charge in [0.05, 0.1) is 11.2 Å². The molecule has 0 fully saturated rings. The Kier molecular flexibility index (Phi) is 3.09. The molecule has 3 rings (SSSR count). The van der Waals surface area contributed by atoms with Crippen molar-refractivity contribution in [3.8, 4) is 5.69 Å². The standard InChI is InChI=1S/C17H17N3O/c1-10-5-7-14(8-6-10)20-15-9-11(2)18-12(3)16(15)19-17(20)13(4)21/h5-9H,1-4H3. The van der Waals surface area contributed by atoms with Gasteiger partial charge in [0.15, 0.2) is 11.6 Å². The third-order valence-electron chi connectivity index (χ3n) is 3.55. The second kappa shape index (κ2) is 4.81. The first kappa shape index (κ1) is 13.5. The number of aromatic nitrogens is 3. The third kappa shape index (κ3) is 2.23. The smallest absolute Gasteiger partial charge is 0.195 e. The van der Waals surface area contributed by atoms with Crippen molar-refractivity contribution < 1.29 is 4.79 Å². The highest BCUT2D eigenvalue weighted by Gasteiger charge is 2.17. The van der Waals surface area contributed by atoms with Gasteiger partial charge in [-0.15, -0.1) is 0 Å². The number of Topliss-reactive ketones (excluding diaryl/α,β-unsaturated/α-hetero) is 1. The molecule has 0 N–H and O–H groups in total. The maximum absolute atomic E-state index is 12.0. The monoisotopic (exact) mass is 279 g/mol. The minimum absolute atomic E-state index is 0.0520. The molecule has 0 unspecified atom stereocenters. The molecule has 0 saturated carbocycles. The van der Waals surface area contributed by atoms with Crippen LogP contribution in [0.3, 0.4) is 0 Å². The molecule has 0 spiro atoms. The Balaban J connectivity index is 2.40. The minimum Gasteiger partial charge on any atom is -0.291 e. The molecule has 4 heteroatoms. The molecule has 4 nitrogen and oxygen atoms in total. The Bertz CT molecular complexity index is 845. The van der Waals surface area contributed by atoms with E-state index in [-0.39, 0.29) is 5.78 Å². The first-order valence-corrected chi connectivity index (χ1v) is 6.92. The van der Waals surface area contributed by atoms with E-state index in [2.05, 4.69) is 9.97 Å². The van der Waals surface area contributed by atoms with Gasteiger partial charge in [0.2, 0.25) is 0 Å². The van der Waals surface area contributed by atoms with E-state index in [0.29, 0.717) is 5.82 Å². The average Bonchev–Trinajstić information content (AvgIpc) is 2.79. The number of aryl methyl sites for hydroxylation is 3. The second-order valence-electron chi connectivity index (χ2n) is 5.38. The van der Waals surface area contributed by atoms with Crippen LogP contribution >= 0.6 is 0 Å². The number of rotatable bonds is 2. The zero-order valence-corrected chi connectivity index (χ0v) is 12.6. The van der Waals surface area contributed by atoms with E-state index in [1.165, 1.54) is 5.56 Å². The SMILES string of the molecule is CC(=O)c1nc2c(C)nc(C)cc2n1-c1ccc(C)cc1. The summed E-state index contributed by atoms with van der Waals surface area (Å²) in [5.74, 6) is 0.396. The lowest BCUT2D eigenvalue weighted by molar-refractivity contribution is 0.100. The summed E-state index contributed by atoms with van der Waals surface area (Å²) in [5.41, 5.74) is 5.60. The lowest BCUT2D eigenvalue weighted by atomic mass is 10.2. The number of nitrogens with zero attached hydrogens (tertiary/aromatic N) is 3. The summed E-state index contributed by atoms with van der Waals surface area (Å²) in [6.07, 6.45) is 0. The number of carbonyl (C=O) groups excluding carboxylic acids is 1. The van der Waals surface area contributed by atoms with E-state index >= 15 is 0 Å². The predicted octanol–water partition coefficient (Wildman–Crippen LogP) is 3.55. The van der Waals surface area contributed by atoms with E-state index in [1.54, 1.807) is 6.92 Å². The quantitative estimate of drug-likeness (QED) is 0.674. The fourth-order valence-corrected chi connectivity index (χ4v) is 2.57. The van der Waals surface area contributed by atoms with Crippen LogP contribution in [0.2, 0.25) is 0 Å². The number of benzene rings is 1. The Morgan fingerprint density at radius 1 is 1.05 bits per heavy atom. The maximum Gasteiger partial charge on any atom is 0.195 e. The molecule has 1 aromatic carbocycles. The fourth-order valence-electron chi connectivity index (χ4n) is 2.57. The van der Waals surface area contributed by atoms with E-state index in [4.69, 9.17) is 0 Å². The van der Waals surface area contributed by atoms with Gasteiger partial charge in [-0.05, 0) is 39.0 Å². The molecule has 0 aliphatic carbocycles. The van der Waals surface area contributed by atoms with Crippen LogP contribution in [0, 0.1) is 20.8 Å². The second-order valence-corrected chi connectivity index (χ2v) is 5.38. The summed E-state index contributed by atoms with van der Waals surface area (Å²) < 4.78 is 1.92. The van der Waals surface area contributed by atoms with Crippen molar-refractivity contribution in [2.45, 2.75) is 27.7 Å². The molecular weight excluding hydrogens is 262 g/mol. The van der Waals surface area contributed by atoms with Crippen LogP contribution in [0.5, 0.6) is 0 Å². The van der Waals surface area contributed by atoms with Crippen molar-refractivity contribution in [3.05, 3.63) is 53.1 Å². The number of pyridine rings is 1. The van der Waals surface area contributed by atoms with Crippen molar-refractivity contribution in [2.75, 3.05) is 0 Å². The van der Waals surface area contributed by atoms with Crippen LogP contribution < -0.4 is 0 Å². The average molecular weight is 279 g/mol. The number of ketones is 1. The molecule has 2 aromatic heterocycles. The molecule has 0 atom stereocenters. The summed E-state index contributed by atoms with van der Waals surface area (Å²) in [4.78, 5) is 20.9. The van der Waals surface area contributed by atoms with Gasteiger partial charge in [-0.25, -0.2) is 4.98 Å². The van der Waals surface area contributed by atoms with Gasteiger partial charge < -0.3 is 0 Å². The normalized spacial score (nSPS) is 11.0. The Hall–Kier alpha value is -2.49. The highest BCUT2D eigenvalue weighted by atomic mass is 16.1. The summed E-state index contributed by atoms with van der Waals surface area (Å²) in [6.45, 7) is 7.46. The first-order valence-electron chi connectivity index (χ1n) is 6.92. The van der Waals surface area contributed by atoms with Crippen molar-refractivity contribution >= 4 is 16.8 Å². The summed E-state index contributed by atoms with van der Waals surface area (Å²) >= 11 is 0. The van der Waals surface area contributed by atoms with Crippen molar-refractivity contribution in [3.63, 3.8) is 0 Å². The third-order valence-corrected chi connectivity index (χ3v) is 3.55. The maximum atomic E-state index is 12.0. The van der Waals surface area contributed by atoms with E-state index in [0.717, 1.165) is 28.1 Å². The van der Waals surface area contributed by atoms with Crippen LogP contribution in [0.25, 0.3) is 16.7 Å². The lowest BCUT2D eigenvalue weighted by Crippen LogP contribution is -2.05. The number of hydrogen-bond donors (Lipinski definition) is 0. The molecule has 0 aliphatic rings. The van der Waals surface area contributed by atoms with Gasteiger partial charge in [-0.3, -0.25) is 14.3 Å². The molecule has 3 aromatic rings. The Labute approximate surface area is 123 Å². The van der Waals surface area contributed by atoms with Crippen LogP contribution in [0.15, 0.2) is 30.3 Å². The number of fused-ring (bicyclic) bond motifs is 1. The number of hydrogen-bond acceptors (Lipinski definition) is 3. The van der Waals surface area contributed by atoms with E-state index < -0.39 is 0 Å². The highest BCUT2D eigenvalue weighted by molar-refractivity contribution is 5.96. The molecule has 21 heavy (non-hydrogen) atoms. The topological polar surface area (TPSA) is 47.8 Å². The molecule has 0 aliphatic heterocycles. The molecule has 2 heterocycles. The minimum atomic E-state index is -0.0520. The number of imidazole rings is 1. The van der Waals surface area contributed by atoms with Crippen LogP contribution in [-0.4, -0.2) is 20.3 Å². The van der Waals surface area contributed by atoms with Crippen molar-refractivity contribution in [1.82, 2.24) is 14.5 Å². The molecule has 106 valence electrons. The molecular formula is C17H17N3O. The Morgan fingerprint density at radius 2 is 1.71 bits per heavy atom. The largest absolute Gasteiger partial charge is 0.291 e. The molecule has 0 bridgehead atoms. The zero-order valence-electron chi connectivity index (χ0n) is 12.6. The van der Waals surface area contributed by atoms with Gasteiger partial charge in [0.1, 0.15) is 5.52 Å². The van der Waals surface area contributed by atoms with Crippen LogP contribution in [-0.2, 0) is 0 Å². The van der Waals surface area contributed by atoms with Gasteiger partial charge in [-0.2, -0.15) is 0 Å². The zero-order chi connectivity index (χ0) is 15.1. The highest BCUT2D eigenvalue weighted by Crippen LogP contribution is 2.24. The first-order chi connectivity index (χ1) is 9.97. The van der Waals surface area contributed by atoms with Gasteiger partial charge in [0.25, 0.3) is 0 Å².